The molecule has 1 aliphatic heterocycles. The Bertz CT molecular complexity index is 1610. The summed E-state index contributed by atoms with van der Waals surface area (Å²) in [6, 6.07) is 19.5. The molecule has 0 atom stereocenters. The van der Waals surface area contributed by atoms with E-state index in [0.717, 1.165) is 45.9 Å². The van der Waals surface area contributed by atoms with Crippen molar-refractivity contribution in [3.05, 3.63) is 94.7 Å². The molecule has 0 radical (unpaired) electrons. The predicted molar refractivity (Wildman–Crippen MR) is 157 cm³/mol. The number of para-hydroxylation sites is 1. The Hall–Kier alpha value is -3.95. The lowest BCUT2D eigenvalue weighted by atomic mass is 10.0. The van der Waals surface area contributed by atoms with Gasteiger partial charge < -0.3 is 10.1 Å². The van der Waals surface area contributed by atoms with Crippen LogP contribution in [0.25, 0.3) is 34.7 Å². The molecule has 1 N–H and O–H groups in total. The molecule has 5 nitrogen and oxygen atoms in total. The van der Waals surface area contributed by atoms with Crippen LogP contribution < -0.4 is 5.32 Å². The fourth-order valence-electron chi connectivity index (χ4n) is 4.46. The molecule has 206 valence electrons. The van der Waals surface area contributed by atoms with Crippen molar-refractivity contribution in [1.29, 1.82) is 0 Å². The number of aromatic nitrogens is 2. The van der Waals surface area contributed by atoms with E-state index >= 15 is 0 Å². The van der Waals surface area contributed by atoms with Crippen molar-refractivity contribution >= 4 is 54.4 Å². The van der Waals surface area contributed by atoms with Crippen LogP contribution in [0.2, 0.25) is 25.7 Å². The lowest BCUT2D eigenvalue weighted by Crippen LogP contribution is -2.22. The van der Waals surface area contributed by atoms with E-state index < -0.39 is 19.8 Å². The maximum atomic E-state index is 12.9. The van der Waals surface area contributed by atoms with Crippen LogP contribution >= 0.6 is 0 Å². The van der Waals surface area contributed by atoms with Gasteiger partial charge in [0.15, 0.2) is 0 Å². The highest BCUT2D eigenvalue weighted by molar-refractivity contribution is 6.76. The van der Waals surface area contributed by atoms with Crippen LogP contribution in [0.15, 0.2) is 66.7 Å². The number of anilines is 1. The minimum atomic E-state index is -4.37. The maximum absolute atomic E-state index is 12.9. The summed E-state index contributed by atoms with van der Waals surface area (Å²) in [5.74, 6) is -0.148. The molecule has 1 aromatic heterocycles. The van der Waals surface area contributed by atoms with Crippen LogP contribution in [-0.2, 0) is 22.4 Å². The number of carbonyl (C=O) groups is 1. The van der Waals surface area contributed by atoms with Gasteiger partial charge >= 0.3 is 6.18 Å². The largest absolute Gasteiger partial charge is 0.416 e. The van der Waals surface area contributed by atoms with E-state index in [1.165, 1.54) is 12.1 Å². The summed E-state index contributed by atoms with van der Waals surface area (Å²) >= 11 is 0. The number of ether oxygens (including phenoxy) is 1. The van der Waals surface area contributed by atoms with E-state index in [0.29, 0.717) is 23.4 Å². The van der Waals surface area contributed by atoms with Crippen molar-refractivity contribution in [3.63, 3.8) is 0 Å². The van der Waals surface area contributed by atoms with Gasteiger partial charge in [-0.2, -0.15) is 18.3 Å². The van der Waals surface area contributed by atoms with Gasteiger partial charge in [0.2, 0.25) is 0 Å². The molecular weight excluding hydrogens is 531 g/mol. The summed E-state index contributed by atoms with van der Waals surface area (Å²) < 4.78 is 46.6. The van der Waals surface area contributed by atoms with Crippen molar-refractivity contribution in [2.45, 2.75) is 38.6 Å². The molecule has 2 heterocycles. The number of amides is 1. The van der Waals surface area contributed by atoms with E-state index in [1.807, 2.05) is 48.5 Å². The zero-order valence-electron chi connectivity index (χ0n) is 22.5. The van der Waals surface area contributed by atoms with E-state index in [9.17, 15) is 18.0 Å². The summed E-state index contributed by atoms with van der Waals surface area (Å²) in [5.41, 5.74) is 4.54. The van der Waals surface area contributed by atoms with Gasteiger partial charge in [0.1, 0.15) is 6.73 Å². The topological polar surface area (TPSA) is 56.2 Å². The van der Waals surface area contributed by atoms with E-state index in [2.05, 4.69) is 25.0 Å². The van der Waals surface area contributed by atoms with Crippen molar-refractivity contribution in [2.24, 2.45) is 0 Å². The number of nitrogens with one attached hydrogen (secondary N) is 1. The van der Waals surface area contributed by atoms with Crippen LogP contribution in [0, 0.1) is 0 Å². The lowest BCUT2D eigenvalue weighted by Gasteiger charge is -2.15. The van der Waals surface area contributed by atoms with Gasteiger partial charge in [-0.25, -0.2) is 4.68 Å². The molecule has 9 heteroatoms. The Morgan fingerprint density at radius 3 is 2.42 bits per heavy atom. The van der Waals surface area contributed by atoms with Crippen LogP contribution in [0.1, 0.15) is 27.9 Å². The van der Waals surface area contributed by atoms with Crippen LogP contribution in [0.5, 0.6) is 0 Å². The predicted octanol–water partition coefficient (Wildman–Crippen LogP) is 8.03. The summed E-state index contributed by atoms with van der Waals surface area (Å²) in [5, 5.41) is 8.52. The third-order valence-corrected chi connectivity index (χ3v) is 8.41. The van der Waals surface area contributed by atoms with Crippen molar-refractivity contribution in [3.8, 4) is 0 Å². The van der Waals surface area contributed by atoms with E-state index in [4.69, 9.17) is 9.84 Å². The fourth-order valence-corrected chi connectivity index (χ4v) is 5.22. The molecule has 1 aliphatic rings. The number of nitrogens with zero attached hydrogens (tertiary/aromatic N) is 2. The quantitative estimate of drug-likeness (QED) is 0.135. The van der Waals surface area contributed by atoms with E-state index in [-0.39, 0.29) is 12.6 Å². The minimum absolute atomic E-state index is 0.148. The van der Waals surface area contributed by atoms with Crippen molar-refractivity contribution in [1.82, 2.24) is 9.78 Å². The van der Waals surface area contributed by atoms with Gasteiger partial charge in [-0.05, 0) is 59.7 Å². The molecule has 0 aliphatic carbocycles. The zero-order valence-corrected chi connectivity index (χ0v) is 23.5. The van der Waals surface area contributed by atoms with Gasteiger partial charge in [-0.15, -0.1) is 0 Å². The molecule has 1 amide bonds. The highest BCUT2D eigenvalue weighted by Crippen LogP contribution is 2.34. The first kappa shape index (κ1) is 27.6. The average Bonchev–Trinajstić information content (AvgIpc) is 3.41. The SMILES string of the molecule is C[Si](C)(C)CCOCn1nc(C=Cc2ccc(C(F)(F)F)cc2)c2ccc(C=C3C(=O)Nc4ccccc43)cc21. The Balaban J connectivity index is 1.47. The van der Waals surface area contributed by atoms with Gasteiger partial charge in [0, 0.05) is 36.9 Å². The van der Waals surface area contributed by atoms with Gasteiger partial charge in [-0.3, -0.25) is 4.79 Å². The molecule has 0 spiro atoms. The Morgan fingerprint density at radius 1 is 0.975 bits per heavy atom. The second-order valence-electron chi connectivity index (χ2n) is 11.0. The van der Waals surface area contributed by atoms with Crippen molar-refractivity contribution in [2.75, 3.05) is 11.9 Å². The molecule has 4 aromatic rings. The summed E-state index contributed by atoms with van der Waals surface area (Å²) in [6.07, 6.45) is 1.03. The normalized spacial score (nSPS) is 14.8. The lowest BCUT2D eigenvalue weighted by molar-refractivity contribution is -0.137. The number of carbonyl (C=O) groups excluding carboxylic acids is 1. The van der Waals surface area contributed by atoms with Crippen molar-refractivity contribution < 1.29 is 22.7 Å². The molecular formula is C31H30F3N3O2Si. The maximum Gasteiger partial charge on any atom is 0.416 e. The Morgan fingerprint density at radius 2 is 1.70 bits per heavy atom. The second kappa shape index (κ2) is 10.9. The summed E-state index contributed by atoms with van der Waals surface area (Å²) in [6.45, 7) is 7.77. The molecule has 3 aromatic carbocycles. The first-order chi connectivity index (χ1) is 19.0. The number of benzene rings is 3. The number of hydrogen-bond acceptors (Lipinski definition) is 3. The molecule has 40 heavy (non-hydrogen) atoms. The van der Waals surface area contributed by atoms with Crippen LogP contribution in [0.4, 0.5) is 18.9 Å². The molecule has 0 saturated heterocycles. The number of fused-ring (bicyclic) bond motifs is 2. The van der Waals surface area contributed by atoms with Crippen LogP contribution in [0.3, 0.4) is 0 Å². The number of alkyl halides is 3. The fraction of sp³-hybridized carbons (Fsp3) is 0.226. The zero-order chi connectivity index (χ0) is 28.5. The first-order valence-corrected chi connectivity index (χ1v) is 16.7. The molecule has 5 rings (SSSR count). The van der Waals surface area contributed by atoms with E-state index in [1.54, 1.807) is 16.8 Å². The summed E-state index contributed by atoms with van der Waals surface area (Å²) in [4.78, 5) is 12.6. The second-order valence-corrected chi connectivity index (χ2v) is 16.6. The first-order valence-electron chi connectivity index (χ1n) is 13.0. The monoisotopic (exact) mass is 561 g/mol. The molecule has 0 unspecified atom stereocenters. The Kier molecular flexibility index (Phi) is 7.52. The van der Waals surface area contributed by atoms with Gasteiger partial charge in [0.05, 0.1) is 16.8 Å². The number of rotatable bonds is 8. The van der Waals surface area contributed by atoms with Gasteiger partial charge in [0.25, 0.3) is 5.91 Å². The highest BCUT2D eigenvalue weighted by Gasteiger charge is 2.29. The van der Waals surface area contributed by atoms with Gasteiger partial charge in [-0.1, -0.05) is 62.1 Å². The smallest absolute Gasteiger partial charge is 0.360 e. The Labute approximate surface area is 232 Å². The molecule has 0 fully saturated rings. The summed E-state index contributed by atoms with van der Waals surface area (Å²) in [7, 11) is -1.26. The molecule has 0 bridgehead atoms. The molecule has 0 saturated carbocycles. The highest BCUT2D eigenvalue weighted by atomic mass is 28.3. The third kappa shape index (κ3) is 6.26. The number of halogens is 3. The minimum Gasteiger partial charge on any atom is -0.360 e. The standard InChI is InChI=1S/C31H30F3N3O2Si/c1-40(2,3)17-16-39-20-37-29-19-22(18-26-24-6-4-5-7-27(24)35-30(26)38)10-14-25(29)28(36-37)15-11-21-8-12-23(13-9-21)31(32,33)34/h4-15,18-19H,16-17,20H2,1-3H3,(H,35,38). The third-order valence-electron chi connectivity index (χ3n) is 6.71. The van der Waals surface area contributed by atoms with Crippen LogP contribution in [-0.4, -0.2) is 30.4 Å². The number of hydrogen-bond donors (Lipinski definition) is 1. The average molecular weight is 562 g/mol.